The van der Waals surface area contributed by atoms with Gasteiger partial charge >= 0.3 is 6.03 Å². The van der Waals surface area contributed by atoms with Gasteiger partial charge in [0.05, 0.1) is 0 Å². The molecule has 114 valence electrons. The van der Waals surface area contributed by atoms with E-state index in [9.17, 15) is 9.18 Å². The Bertz CT molecular complexity index is 697. The molecule has 2 amide bonds. The Morgan fingerprint density at radius 2 is 2.09 bits per heavy atom. The van der Waals surface area contributed by atoms with Crippen molar-refractivity contribution >= 4 is 39.4 Å². The quantitative estimate of drug-likeness (QED) is 0.805. The number of rotatable bonds is 2. The van der Waals surface area contributed by atoms with Crippen molar-refractivity contribution in [3.8, 4) is 0 Å². The summed E-state index contributed by atoms with van der Waals surface area (Å²) in [4.78, 5) is 14.2. The first-order valence-electron chi connectivity index (χ1n) is 6.84. The third-order valence-electron chi connectivity index (χ3n) is 3.36. The van der Waals surface area contributed by atoms with Crippen molar-refractivity contribution < 1.29 is 9.18 Å². The lowest BCUT2D eigenvalue weighted by atomic mass is 10.2. The minimum Gasteiger partial charge on any atom is -0.308 e. The molecule has 1 heterocycles. The Morgan fingerprint density at radius 1 is 1.27 bits per heavy atom. The molecule has 0 aromatic heterocycles. The highest BCUT2D eigenvalue weighted by molar-refractivity contribution is 9.10. The number of hydrogen-bond donors (Lipinski definition) is 1. The van der Waals surface area contributed by atoms with Crippen LogP contribution in [0.5, 0.6) is 0 Å². The van der Waals surface area contributed by atoms with Gasteiger partial charge < -0.3 is 10.2 Å². The molecule has 0 spiro atoms. The molecule has 2 aromatic carbocycles. The van der Waals surface area contributed by atoms with Crippen molar-refractivity contribution in [3.63, 3.8) is 0 Å². The van der Waals surface area contributed by atoms with Crippen molar-refractivity contribution in [2.24, 2.45) is 0 Å². The van der Waals surface area contributed by atoms with Crippen LogP contribution >= 0.6 is 27.7 Å². The van der Waals surface area contributed by atoms with Crippen molar-refractivity contribution in [1.82, 2.24) is 4.90 Å². The molecule has 6 heteroatoms. The predicted octanol–water partition coefficient (Wildman–Crippen LogP) is 4.87. The molecular weight excluding hydrogens is 367 g/mol. The third kappa shape index (κ3) is 3.44. The molecule has 1 N–H and O–H groups in total. The molecule has 0 bridgehead atoms. The largest absolute Gasteiger partial charge is 0.323 e. The van der Waals surface area contributed by atoms with E-state index < -0.39 is 0 Å². The Balaban J connectivity index is 1.76. The zero-order valence-corrected chi connectivity index (χ0v) is 14.0. The van der Waals surface area contributed by atoms with E-state index in [4.69, 9.17) is 0 Å². The van der Waals surface area contributed by atoms with Gasteiger partial charge in [-0.25, -0.2) is 9.18 Å². The van der Waals surface area contributed by atoms with Crippen LogP contribution in [0.15, 0.2) is 53.0 Å². The van der Waals surface area contributed by atoms with E-state index in [0.29, 0.717) is 6.54 Å². The fraction of sp³-hybridized carbons (Fsp3) is 0.188. The topological polar surface area (TPSA) is 32.3 Å². The predicted molar refractivity (Wildman–Crippen MR) is 91.5 cm³/mol. The second-order valence-electron chi connectivity index (χ2n) is 4.91. The summed E-state index contributed by atoms with van der Waals surface area (Å²) in [5.41, 5.74) is 1.54. The number of amides is 2. The molecule has 0 saturated carbocycles. The van der Waals surface area contributed by atoms with Gasteiger partial charge in [-0.2, -0.15) is 0 Å². The maximum atomic E-state index is 13.4. The smallest absolute Gasteiger partial charge is 0.308 e. The fourth-order valence-corrected chi connectivity index (χ4v) is 4.02. The van der Waals surface area contributed by atoms with Gasteiger partial charge in [0.2, 0.25) is 0 Å². The first-order chi connectivity index (χ1) is 10.6. The zero-order valence-electron chi connectivity index (χ0n) is 11.6. The number of benzene rings is 2. The van der Waals surface area contributed by atoms with Crippen LogP contribution in [0.25, 0.3) is 0 Å². The van der Waals surface area contributed by atoms with Crippen LogP contribution in [0.3, 0.4) is 0 Å². The van der Waals surface area contributed by atoms with Gasteiger partial charge in [-0.3, -0.25) is 0 Å². The molecule has 1 fully saturated rings. The normalized spacial score (nSPS) is 17.5. The summed E-state index contributed by atoms with van der Waals surface area (Å²) >= 11 is 5.02. The number of anilines is 1. The molecule has 22 heavy (non-hydrogen) atoms. The average molecular weight is 381 g/mol. The monoisotopic (exact) mass is 380 g/mol. The number of urea groups is 1. The molecular formula is C16H14BrFN2OS. The maximum Gasteiger partial charge on any atom is 0.323 e. The van der Waals surface area contributed by atoms with Crippen LogP contribution in [-0.4, -0.2) is 23.2 Å². The van der Waals surface area contributed by atoms with Crippen LogP contribution in [0.4, 0.5) is 14.9 Å². The summed E-state index contributed by atoms with van der Waals surface area (Å²) in [6, 6.07) is 13.7. The number of hydrogen-bond acceptors (Lipinski definition) is 2. The van der Waals surface area contributed by atoms with E-state index in [1.165, 1.54) is 12.1 Å². The Hall–Kier alpha value is -1.53. The fourth-order valence-electron chi connectivity index (χ4n) is 2.38. The molecule has 1 unspecified atom stereocenters. The second-order valence-corrected chi connectivity index (χ2v) is 7.02. The van der Waals surface area contributed by atoms with E-state index >= 15 is 0 Å². The number of carbonyl (C=O) groups is 1. The highest BCUT2D eigenvalue weighted by Gasteiger charge is 2.30. The van der Waals surface area contributed by atoms with Gasteiger partial charge in [0.1, 0.15) is 11.2 Å². The van der Waals surface area contributed by atoms with Crippen LogP contribution in [0.2, 0.25) is 0 Å². The number of halogens is 2. The lowest BCUT2D eigenvalue weighted by Gasteiger charge is -2.24. The van der Waals surface area contributed by atoms with E-state index in [-0.39, 0.29) is 17.2 Å². The Kier molecular flexibility index (Phi) is 4.69. The van der Waals surface area contributed by atoms with Gasteiger partial charge in [-0.1, -0.05) is 34.1 Å². The SMILES string of the molecule is O=C(Nc1cccc(Br)c1)N1CCSC1c1cccc(F)c1. The first-order valence-corrected chi connectivity index (χ1v) is 8.68. The van der Waals surface area contributed by atoms with Crippen molar-refractivity contribution in [1.29, 1.82) is 0 Å². The van der Waals surface area contributed by atoms with Crippen LogP contribution in [0, 0.1) is 5.82 Å². The lowest BCUT2D eigenvalue weighted by Crippen LogP contribution is -2.34. The number of nitrogens with zero attached hydrogens (tertiary/aromatic N) is 1. The van der Waals surface area contributed by atoms with Gasteiger partial charge in [-0.05, 0) is 35.9 Å². The van der Waals surface area contributed by atoms with Crippen LogP contribution in [-0.2, 0) is 0 Å². The van der Waals surface area contributed by atoms with E-state index in [2.05, 4.69) is 21.2 Å². The Labute approximate surface area is 141 Å². The molecule has 0 aliphatic carbocycles. The summed E-state index contributed by atoms with van der Waals surface area (Å²) in [5, 5.41) is 2.74. The number of thioether (sulfide) groups is 1. The van der Waals surface area contributed by atoms with Crippen LogP contribution < -0.4 is 5.32 Å². The average Bonchev–Trinajstić information content (AvgIpc) is 2.97. The molecule has 2 aromatic rings. The summed E-state index contributed by atoms with van der Waals surface area (Å²) < 4.78 is 14.3. The van der Waals surface area contributed by atoms with Crippen LogP contribution in [0.1, 0.15) is 10.9 Å². The number of carbonyl (C=O) groups excluding carboxylic acids is 1. The van der Waals surface area contributed by atoms with Crippen molar-refractivity contribution in [2.45, 2.75) is 5.37 Å². The van der Waals surface area contributed by atoms with E-state index in [0.717, 1.165) is 21.5 Å². The van der Waals surface area contributed by atoms with Gasteiger partial charge in [0.25, 0.3) is 0 Å². The molecule has 3 nitrogen and oxygen atoms in total. The summed E-state index contributed by atoms with van der Waals surface area (Å²) in [6.07, 6.45) is 0. The highest BCUT2D eigenvalue weighted by Crippen LogP contribution is 2.38. The van der Waals surface area contributed by atoms with Crippen molar-refractivity contribution in [3.05, 3.63) is 64.4 Å². The minimum atomic E-state index is -0.280. The first kappa shape index (κ1) is 15.4. The standard InChI is InChI=1S/C16H14BrFN2OS/c17-12-4-2-6-14(10-12)19-16(21)20-7-8-22-15(20)11-3-1-5-13(18)9-11/h1-6,9-10,15H,7-8H2,(H,19,21). The minimum absolute atomic E-state index is 0.150. The molecule has 0 radical (unpaired) electrons. The number of nitrogens with one attached hydrogen (secondary N) is 1. The summed E-state index contributed by atoms with van der Waals surface area (Å²) in [5.74, 6) is 0.560. The molecule has 1 saturated heterocycles. The van der Waals surface area contributed by atoms with Gasteiger partial charge in [0, 0.05) is 22.5 Å². The maximum absolute atomic E-state index is 13.4. The third-order valence-corrected chi connectivity index (χ3v) is 5.12. The van der Waals surface area contributed by atoms with Gasteiger partial charge in [0.15, 0.2) is 0 Å². The molecule has 3 rings (SSSR count). The lowest BCUT2D eigenvalue weighted by molar-refractivity contribution is 0.214. The molecule has 1 aliphatic heterocycles. The highest BCUT2D eigenvalue weighted by atomic mass is 79.9. The van der Waals surface area contributed by atoms with E-state index in [1.807, 2.05) is 30.3 Å². The molecule has 1 aliphatic rings. The summed E-state index contributed by atoms with van der Waals surface area (Å²) in [6.45, 7) is 0.645. The van der Waals surface area contributed by atoms with E-state index in [1.54, 1.807) is 22.7 Å². The summed E-state index contributed by atoms with van der Waals surface area (Å²) in [7, 11) is 0. The second kappa shape index (κ2) is 6.71. The van der Waals surface area contributed by atoms with Gasteiger partial charge in [-0.15, -0.1) is 11.8 Å². The zero-order chi connectivity index (χ0) is 15.5. The molecule has 1 atom stereocenters. The Morgan fingerprint density at radius 3 is 2.86 bits per heavy atom. The van der Waals surface area contributed by atoms with Crippen molar-refractivity contribution in [2.75, 3.05) is 17.6 Å².